The van der Waals surface area contributed by atoms with Crippen LogP contribution in [0, 0.1) is 11.8 Å². The maximum absolute atomic E-state index is 11.8. The van der Waals surface area contributed by atoms with Gasteiger partial charge in [0.2, 0.25) is 0 Å². The van der Waals surface area contributed by atoms with E-state index in [-0.39, 0.29) is 12.2 Å². The van der Waals surface area contributed by atoms with Crippen LogP contribution in [0.4, 0.5) is 10.5 Å². The molecule has 0 heterocycles. The van der Waals surface area contributed by atoms with Crippen molar-refractivity contribution in [2.45, 2.75) is 38.2 Å². The van der Waals surface area contributed by atoms with Gasteiger partial charge in [0.1, 0.15) is 6.10 Å². The van der Waals surface area contributed by atoms with Crippen LogP contribution in [0.5, 0.6) is 0 Å². The summed E-state index contributed by atoms with van der Waals surface area (Å²) in [4.78, 5) is 11.8. The Labute approximate surface area is 108 Å². The van der Waals surface area contributed by atoms with Gasteiger partial charge in [-0.2, -0.15) is 0 Å². The Hall–Kier alpha value is -1.51. The fraction of sp³-hybridized carbons (Fsp3) is 0.533. The number of benzene rings is 1. The van der Waals surface area contributed by atoms with Crippen molar-refractivity contribution in [3.63, 3.8) is 0 Å². The normalized spacial score (nSPS) is 29.9. The van der Waals surface area contributed by atoms with Gasteiger partial charge in [-0.25, -0.2) is 4.79 Å². The third kappa shape index (κ3) is 2.35. The Morgan fingerprint density at radius 2 is 1.94 bits per heavy atom. The highest BCUT2D eigenvalue weighted by atomic mass is 16.6. The van der Waals surface area contributed by atoms with Crippen molar-refractivity contribution in [2.75, 3.05) is 5.32 Å². The Bertz CT molecular complexity index is 418. The SMILES string of the molecule is O=C(Nc1ccccc1)O[C@H]1CC[C@@H]2CCC[C@@H]21. The number of nitrogens with one attached hydrogen (secondary N) is 1. The zero-order chi connectivity index (χ0) is 12.4. The quantitative estimate of drug-likeness (QED) is 0.860. The minimum absolute atomic E-state index is 0.140. The van der Waals surface area contributed by atoms with Crippen LogP contribution in [-0.4, -0.2) is 12.2 Å². The van der Waals surface area contributed by atoms with Gasteiger partial charge in [0, 0.05) is 5.69 Å². The van der Waals surface area contributed by atoms with Crippen molar-refractivity contribution in [1.29, 1.82) is 0 Å². The summed E-state index contributed by atoms with van der Waals surface area (Å²) in [6.45, 7) is 0. The largest absolute Gasteiger partial charge is 0.446 e. The molecule has 3 atom stereocenters. The number of ether oxygens (including phenoxy) is 1. The van der Waals surface area contributed by atoms with E-state index in [1.54, 1.807) is 0 Å². The average molecular weight is 245 g/mol. The van der Waals surface area contributed by atoms with Crippen molar-refractivity contribution < 1.29 is 9.53 Å². The summed E-state index contributed by atoms with van der Waals surface area (Å²) in [6.07, 6.45) is 5.96. The van der Waals surface area contributed by atoms with E-state index in [1.165, 1.54) is 25.7 Å². The van der Waals surface area contributed by atoms with Gasteiger partial charge in [-0.05, 0) is 43.2 Å². The first kappa shape index (κ1) is 11.6. The molecular formula is C15H19NO2. The summed E-state index contributed by atoms with van der Waals surface area (Å²) in [6, 6.07) is 9.47. The number of carbonyl (C=O) groups is 1. The predicted octanol–water partition coefficient (Wildman–Crippen LogP) is 3.81. The zero-order valence-corrected chi connectivity index (χ0v) is 10.5. The number of para-hydroxylation sites is 1. The molecule has 0 bridgehead atoms. The zero-order valence-electron chi connectivity index (χ0n) is 10.5. The van der Waals surface area contributed by atoms with Crippen molar-refractivity contribution in [2.24, 2.45) is 11.8 Å². The Morgan fingerprint density at radius 1 is 1.11 bits per heavy atom. The molecule has 2 aliphatic carbocycles. The van der Waals surface area contributed by atoms with E-state index in [0.717, 1.165) is 18.0 Å². The second-order valence-corrected chi connectivity index (χ2v) is 5.37. The molecular weight excluding hydrogens is 226 g/mol. The number of hydrogen-bond acceptors (Lipinski definition) is 2. The Balaban J connectivity index is 1.55. The van der Waals surface area contributed by atoms with Gasteiger partial charge in [-0.3, -0.25) is 5.32 Å². The molecule has 1 amide bonds. The highest BCUT2D eigenvalue weighted by Gasteiger charge is 2.41. The number of fused-ring (bicyclic) bond motifs is 1. The van der Waals surface area contributed by atoms with E-state index in [4.69, 9.17) is 4.74 Å². The number of amides is 1. The molecule has 0 aliphatic heterocycles. The first-order chi connectivity index (χ1) is 8.83. The summed E-state index contributed by atoms with van der Waals surface area (Å²) in [5.41, 5.74) is 0.795. The first-order valence-corrected chi connectivity index (χ1v) is 6.85. The number of carbonyl (C=O) groups excluding carboxylic acids is 1. The minimum Gasteiger partial charge on any atom is -0.446 e. The van der Waals surface area contributed by atoms with Crippen LogP contribution in [0.15, 0.2) is 30.3 Å². The second kappa shape index (κ2) is 5.01. The third-order valence-corrected chi connectivity index (χ3v) is 4.30. The van der Waals surface area contributed by atoms with Crippen LogP contribution in [-0.2, 0) is 4.74 Å². The highest BCUT2D eigenvalue weighted by molar-refractivity contribution is 5.84. The lowest BCUT2D eigenvalue weighted by molar-refractivity contribution is 0.0835. The fourth-order valence-electron chi connectivity index (χ4n) is 3.46. The van der Waals surface area contributed by atoms with Crippen LogP contribution in [0.1, 0.15) is 32.1 Å². The van der Waals surface area contributed by atoms with Gasteiger partial charge in [-0.1, -0.05) is 31.0 Å². The molecule has 3 rings (SSSR count). The predicted molar refractivity (Wildman–Crippen MR) is 70.4 cm³/mol. The van der Waals surface area contributed by atoms with E-state index in [9.17, 15) is 4.79 Å². The summed E-state index contributed by atoms with van der Waals surface area (Å²) in [7, 11) is 0. The molecule has 0 radical (unpaired) electrons. The smallest absolute Gasteiger partial charge is 0.411 e. The third-order valence-electron chi connectivity index (χ3n) is 4.30. The molecule has 0 unspecified atom stereocenters. The lowest BCUT2D eigenvalue weighted by Crippen LogP contribution is -2.25. The molecule has 0 spiro atoms. The van der Waals surface area contributed by atoms with Crippen molar-refractivity contribution in [3.05, 3.63) is 30.3 Å². The Morgan fingerprint density at radius 3 is 2.78 bits per heavy atom. The monoisotopic (exact) mass is 245 g/mol. The van der Waals surface area contributed by atoms with Gasteiger partial charge in [0.15, 0.2) is 0 Å². The Kier molecular flexibility index (Phi) is 3.22. The molecule has 1 N–H and O–H groups in total. The minimum atomic E-state index is -0.307. The molecule has 2 saturated carbocycles. The topological polar surface area (TPSA) is 38.3 Å². The van der Waals surface area contributed by atoms with Crippen LogP contribution < -0.4 is 5.32 Å². The van der Waals surface area contributed by atoms with E-state index >= 15 is 0 Å². The van der Waals surface area contributed by atoms with Crippen molar-refractivity contribution in [1.82, 2.24) is 0 Å². The van der Waals surface area contributed by atoms with Crippen LogP contribution >= 0.6 is 0 Å². The van der Waals surface area contributed by atoms with Crippen molar-refractivity contribution in [3.8, 4) is 0 Å². The summed E-state index contributed by atoms with van der Waals surface area (Å²) >= 11 is 0. The summed E-state index contributed by atoms with van der Waals surface area (Å²) in [5, 5.41) is 2.79. The van der Waals surface area contributed by atoms with E-state index < -0.39 is 0 Å². The van der Waals surface area contributed by atoms with Crippen LogP contribution in [0.3, 0.4) is 0 Å². The molecule has 0 aromatic heterocycles. The molecule has 2 fully saturated rings. The van der Waals surface area contributed by atoms with E-state index in [1.807, 2.05) is 30.3 Å². The van der Waals surface area contributed by atoms with E-state index in [0.29, 0.717) is 5.92 Å². The van der Waals surface area contributed by atoms with Gasteiger partial charge >= 0.3 is 6.09 Å². The number of hydrogen-bond donors (Lipinski definition) is 1. The van der Waals surface area contributed by atoms with E-state index in [2.05, 4.69) is 5.32 Å². The highest BCUT2D eigenvalue weighted by Crippen LogP contribution is 2.45. The standard InChI is InChI=1S/C15H19NO2/c17-15(16-12-6-2-1-3-7-12)18-14-10-9-11-5-4-8-13(11)14/h1-3,6-7,11,13-14H,4-5,8-10H2,(H,16,17)/t11-,13-,14-/m0/s1. The lowest BCUT2D eigenvalue weighted by atomic mass is 9.99. The van der Waals surface area contributed by atoms with Gasteiger partial charge < -0.3 is 4.74 Å². The van der Waals surface area contributed by atoms with Gasteiger partial charge in [-0.15, -0.1) is 0 Å². The molecule has 3 nitrogen and oxygen atoms in total. The number of rotatable bonds is 2. The number of anilines is 1. The van der Waals surface area contributed by atoms with Crippen LogP contribution in [0.25, 0.3) is 0 Å². The molecule has 0 saturated heterocycles. The molecule has 18 heavy (non-hydrogen) atoms. The fourth-order valence-corrected chi connectivity index (χ4v) is 3.46. The summed E-state index contributed by atoms with van der Waals surface area (Å²) in [5.74, 6) is 1.42. The first-order valence-electron chi connectivity index (χ1n) is 6.85. The lowest BCUT2D eigenvalue weighted by Gasteiger charge is -2.19. The van der Waals surface area contributed by atoms with Crippen LogP contribution in [0.2, 0.25) is 0 Å². The molecule has 1 aromatic rings. The maximum atomic E-state index is 11.8. The molecule has 2 aliphatic rings. The van der Waals surface area contributed by atoms with Gasteiger partial charge in [0.25, 0.3) is 0 Å². The van der Waals surface area contributed by atoms with Crippen molar-refractivity contribution >= 4 is 11.8 Å². The average Bonchev–Trinajstić information content (AvgIpc) is 2.95. The maximum Gasteiger partial charge on any atom is 0.411 e. The summed E-state index contributed by atoms with van der Waals surface area (Å²) < 4.78 is 5.58. The second-order valence-electron chi connectivity index (χ2n) is 5.37. The molecule has 3 heteroatoms. The molecule has 96 valence electrons. The van der Waals surface area contributed by atoms with Gasteiger partial charge in [0.05, 0.1) is 0 Å². The molecule has 1 aromatic carbocycles.